The van der Waals surface area contributed by atoms with Gasteiger partial charge in [-0.05, 0) is 43.5 Å². The van der Waals surface area contributed by atoms with E-state index in [1.54, 1.807) is 44.5 Å². The van der Waals surface area contributed by atoms with E-state index in [9.17, 15) is 9.18 Å². The van der Waals surface area contributed by atoms with Crippen LogP contribution in [0, 0.1) is 5.82 Å². The van der Waals surface area contributed by atoms with E-state index in [1.807, 2.05) is 0 Å². The Morgan fingerprint density at radius 3 is 2.65 bits per heavy atom. The number of pyridine rings is 1. The molecule has 1 aromatic heterocycles. The van der Waals surface area contributed by atoms with Gasteiger partial charge < -0.3 is 19.9 Å². The topological polar surface area (TPSA) is 83.7 Å². The van der Waals surface area contributed by atoms with Gasteiger partial charge in [-0.2, -0.15) is 0 Å². The summed E-state index contributed by atoms with van der Waals surface area (Å²) in [7, 11) is 1.56. The molecule has 0 bridgehead atoms. The molecular weight excluding hydrogens is 419 g/mol. The quantitative estimate of drug-likeness (QED) is 0.322. The second-order valence-corrected chi connectivity index (χ2v) is 8.14. The second-order valence-electron chi connectivity index (χ2n) is 6.87. The number of unbranched alkanes of at least 4 members (excludes halogenated alkanes) is 2. The number of nitrogens with zero attached hydrogens (tertiary/aromatic N) is 1. The van der Waals surface area contributed by atoms with Crippen LogP contribution in [0.3, 0.4) is 0 Å². The third-order valence-electron chi connectivity index (χ3n) is 4.51. The highest BCUT2D eigenvalue weighted by molar-refractivity contribution is 8.13. The number of thioether (sulfide) groups is 1. The molecular formula is C23H25FN2O4S. The summed E-state index contributed by atoms with van der Waals surface area (Å²) in [4.78, 5) is 15.3. The molecule has 0 radical (unpaired) electrons. The average Bonchev–Trinajstić information content (AvgIpc) is 2.74. The number of carbonyl (C=O) groups excluding carboxylic acids is 1. The summed E-state index contributed by atoms with van der Waals surface area (Å²) < 4.78 is 31.3. The van der Waals surface area contributed by atoms with Gasteiger partial charge in [-0.1, -0.05) is 11.8 Å². The van der Waals surface area contributed by atoms with E-state index >= 15 is 0 Å². The number of halogens is 1. The molecule has 3 rings (SSSR count). The number of hydrogen-bond acceptors (Lipinski definition) is 7. The molecule has 0 unspecified atom stereocenters. The first-order valence-corrected chi connectivity index (χ1v) is 10.9. The Hall–Kier alpha value is -3.00. The SMILES string of the molecule is COc1cc2c(Oc3ccc(N)cc3F)ccnc2cc1OCCCCCSC(C)=O. The summed E-state index contributed by atoms with van der Waals surface area (Å²) in [5.41, 5.74) is 6.57. The Balaban J connectivity index is 1.71. The molecule has 3 aromatic rings. The Morgan fingerprint density at radius 2 is 1.90 bits per heavy atom. The Labute approximate surface area is 184 Å². The van der Waals surface area contributed by atoms with Crippen LogP contribution in [-0.2, 0) is 4.79 Å². The molecule has 2 N–H and O–H groups in total. The van der Waals surface area contributed by atoms with Crippen LogP contribution in [0.25, 0.3) is 10.9 Å². The second kappa shape index (κ2) is 10.9. The normalized spacial score (nSPS) is 10.8. The molecule has 8 heteroatoms. The van der Waals surface area contributed by atoms with Crippen LogP contribution in [-0.4, -0.2) is 29.6 Å². The minimum Gasteiger partial charge on any atom is -0.493 e. The van der Waals surface area contributed by atoms with Crippen LogP contribution in [0.2, 0.25) is 0 Å². The standard InChI is InChI=1S/C23H25FN2O4S/c1-15(27)31-11-5-3-4-10-29-23-14-19-17(13-22(23)28-2)20(8-9-26-19)30-21-7-6-16(25)12-18(21)24/h6-9,12-14H,3-5,10-11,25H2,1-2H3. The van der Waals surface area contributed by atoms with Gasteiger partial charge in [0.2, 0.25) is 0 Å². The number of nitrogen functional groups attached to an aromatic ring is 1. The van der Waals surface area contributed by atoms with Crippen molar-refractivity contribution in [3.63, 3.8) is 0 Å². The minimum atomic E-state index is -0.543. The van der Waals surface area contributed by atoms with E-state index in [0.717, 1.165) is 25.0 Å². The monoisotopic (exact) mass is 444 g/mol. The summed E-state index contributed by atoms with van der Waals surface area (Å²) in [5, 5.41) is 0.816. The molecule has 164 valence electrons. The van der Waals surface area contributed by atoms with Gasteiger partial charge in [-0.25, -0.2) is 4.39 Å². The number of fused-ring (bicyclic) bond motifs is 1. The average molecular weight is 445 g/mol. The number of rotatable bonds is 10. The number of ether oxygens (including phenoxy) is 3. The lowest BCUT2D eigenvalue weighted by molar-refractivity contribution is -0.109. The van der Waals surface area contributed by atoms with Crippen LogP contribution in [0.1, 0.15) is 26.2 Å². The molecule has 0 saturated carbocycles. The summed E-state index contributed by atoms with van der Waals surface area (Å²) in [6, 6.07) is 9.49. The third-order valence-corrected chi connectivity index (χ3v) is 5.41. The molecule has 0 spiro atoms. The number of hydrogen-bond donors (Lipinski definition) is 1. The lowest BCUT2D eigenvalue weighted by Crippen LogP contribution is -2.00. The van der Waals surface area contributed by atoms with Crippen LogP contribution < -0.4 is 19.9 Å². The number of methoxy groups -OCH3 is 1. The smallest absolute Gasteiger partial charge is 0.185 e. The van der Waals surface area contributed by atoms with Gasteiger partial charge in [0, 0.05) is 42.1 Å². The van der Waals surface area contributed by atoms with Crippen LogP contribution in [0.5, 0.6) is 23.0 Å². The fourth-order valence-corrected chi connectivity index (χ4v) is 3.62. The van der Waals surface area contributed by atoms with Gasteiger partial charge >= 0.3 is 0 Å². The Kier molecular flexibility index (Phi) is 7.94. The lowest BCUT2D eigenvalue weighted by atomic mass is 10.1. The molecule has 0 atom stereocenters. The van der Waals surface area contributed by atoms with Gasteiger partial charge in [0.1, 0.15) is 5.75 Å². The van der Waals surface area contributed by atoms with Gasteiger partial charge in [0.05, 0.1) is 19.2 Å². The first kappa shape index (κ1) is 22.7. The van der Waals surface area contributed by atoms with E-state index < -0.39 is 5.82 Å². The summed E-state index contributed by atoms with van der Waals surface area (Å²) in [5.74, 6) is 1.92. The zero-order valence-corrected chi connectivity index (χ0v) is 18.3. The zero-order chi connectivity index (χ0) is 22.2. The maximum absolute atomic E-state index is 14.2. The minimum absolute atomic E-state index is 0.0731. The fourth-order valence-electron chi connectivity index (χ4n) is 2.99. The third kappa shape index (κ3) is 6.24. The molecule has 1 heterocycles. The van der Waals surface area contributed by atoms with E-state index in [1.165, 1.54) is 23.9 Å². The predicted octanol–water partition coefficient (Wildman–Crippen LogP) is 5.59. The van der Waals surface area contributed by atoms with Crippen molar-refractivity contribution in [3.8, 4) is 23.0 Å². The maximum Gasteiger partial charge on any atom is 0.185 e. The first-order valence-electron chi connectivity index (χ1n) is 9.93. The van der Waals surface area contributed by atoms with E-state index in [4.69, 9.17) is 19.9 Å². The highest BCUT2D eigenvalue weighted by Crippen LogP contribution is 2.37. The Morgan fingerprint density at radius 1 is 1.06 bits per heavy atom. The number of anilines is 1. The predicted molar refractivity (Wildman–Crippen MR) is 122 cm³/mol. The largest absolute Gasteiger partial charge is 0.493 e. The van der Waals surface area contributed by atoms with Gasteiger partial charge in [0.15, 0.2) is 28.2 Å². The lowest BCUT2D eigenvalue weighted by Gasteiger charge is -2.14. The molecule has 2 aromatic carbocycles. The summed E-state index contributed by atoms with van der Waals surface area (Å²) >= 11 is 1.35. The number of benzene rings is 2. The van der Waals surface area contributed by atoms with Crippen LogP contribution >= 0.6 is 11.8 Å². The highest BCUT2D eigenvalue weighted by Gasteiger charge is 2.13. The zero-order valence-electron chi connectivity index (χ0n) is 17.5. The summed E-state index contributed by atoms with van der Waals surface area (Å²) in [6.07, 6.45) is 4.40. The molecule has 0 aliphatic heterocycles. The highest BCUT2D eigenvalue weighted by atomic mass is 32.2. The number of carbonyl (C=O) groups is 1. The molecule has 0 saturated heterocycles. The first-order chi connectivity index (χ1) is 15.0. The number of aromatic nitrogens is 1. The van der Waals surface area contributed by atoms with Crippen molar-refractivity contribution in [1.82, 2.24) is 4.98 Å². The maximum atomic E-state index is 14.2. The van der Waals surface area contributed by atoms with Crippen LogP contribution in [0.15, 0.2) is 42.6 Å². The van der Waals surface area contributed by atoms with Crippen molar-refractivity contribution < 1.29 is 23.4 Å². The molecule has 0 fully saturated rings. The van der Waals surface area contributed by atoms with Gasteiger partial charge in [-0.3, -0.25) is 9.78 Å². The van der Waals surface area contributed by atoms with Crippen molar-refractivity contribution in [1.29, 1.82) is 0 Å². The molecule has 0 aliphatic carbocycles. The molecule has 0 amide bonds. The van der Waals surface area contributed by atoms with Gasteiger partial charge in [-0.15, -0.1) is 0 Å². The van der Waals surface area contributed by atoms with Crippen molar-refractivity contribution in [2.45, 2.75) is 26.2 Å². The van der Waals surface area contributed by atoms with Crippen molar-refractivity contribution in [2.24, 2.45) is 0 Å². The molecule has 0 aliphatic rings. The van der Waals surface area contributed by atoms with Gasteiger partial charge in [0.25, 0.3) is 0 Å². The number of nitrogens with two attached hydrogens (primary N) is 1. The summed E-state index contributed by atoms with van der Waals surface area (Å²) in [6.45, 7) is 2.11. The van der Waals surface area contributed by atoms with E-state index in [-0.39, 0.29) is 10.9 Å². The fraction of sp³-hybridized carbons (Fsp3) is 0.304. The van der Waals surface area contributed by atoms with E-state index in [2.05, 4.69) is 4.98 Å². The van der Waals surface area contributed by atoms with Crippen molar-refractivity contribution >= 4 is 33.5 Å². The van der Waals surface area contributed by atoms with Crippen LogP contribution in [0.4, 0.5) is 10.1 Å². The molecule has 6 nitrogen and oxygen atoms in total. The van der Waals surface area contributed by atoms with Crippen molar-refractivity contribution in [2.75, 3.05) is 25.2 Å². The molecule has 31 heavy (non-hydrogen) atoms. The Bertz CT molecular complexity index is 1060. The van der Waals surface area contributed by atoms with E-state index in [0.29, 0.717) is 40.4 Å². The van der Waals surface area contributed by atoms with Crippen molar-refractivity contribution in [3.05, 3.63) is 48.4 Å².